The van der Waals surface area contributed by atoms with E-state index >= 15 is 0 Å². The number of amides is 8. The second-order valence-electron chi connectivity index (χ2n) is 31.6. The van der Waals surface area contributed by atoms with Crippen molar-refractivity contribution in [3.63, 3.8) is 0 Å². The number of carboxylic acid groups (broad SMARTS) is 1. The number of unbranched alkanes of at least 4 members (excludes halogenated alkanes) is 9. The Morgan fingerprint density at radius 3 is 0.899 bits per heavy atom. The van der Waals surface area contributed by atoms with Gasteiger partial charge in [0.15, 0.2) is 55.5 Å². The van der Waals surface area contributed by atoms with Gasteiger partial charge in [0.1, 0.15) is 61.8 Å². The summed E-state index contributed by atoms with van der Waals surface area (Å²) < 4.78 is 103. The summed E-state index contributed by atoms with van der Waals surface area (Å²) in [5.74, 6) is -11.7. The largest absolute Gasteiger partial charge is 0.481 e. The van der Waals surface area contributed by atoms with E-state index in [2.05, 4.69) is 37.2 Å². The molecule has 0 aromatic carbocycles. The van der Waals surface area contributed by atoms with Crippen molar-refractivity contribution in [1.82, 2.24) is 42.1 Å². The third-order valence-electron chi connectivity index (χ3n) is 20.2. The van der Waals surface area contributed by atoms with Crippen molar-refractivity contribution >= 4 is 107 Å². The predicted octanol–water partition coefficient (Wildman–Crippen LogP) is 0.603. The Morgan fingerprint density at radius 1 is 0.341 bits per heavy atom. The van der Waals surface area contributed by atoms with Crippen LogP contribution in [0.5, 0.6) is 0 Å². The molecule has 4 saturated heterocycles. The molecular weight excluding hydrogens is 1710 g/mol. The predicted molar refractivity (Wildman–Crippen MR) is 442 cm³/mol. The topological polar surface area (TPSA) is 581 Å². The molecule has 8 amide bonds. The fourth-order valence-corrected chi connectivity index (χ4v) is 14.4. The SMILES string of the molecule is CC(=O)NC1C(OCCCCCCNC(=O)CCOCC(COCCC(=O)NCCCCCCOC2OC(COC(C)=O)C(OC(C)=O)C(OC(C)=O)C2NC(C)=O)(COCCC(=O)NCCCCCCOC2OC(COC(C)=O)C(OC(C)=O)C(OC(C)=O)C2NC(C)=O)NC(=O)C2CCN(C(=O)CCCC(=O)O)CC2)OC(COC(C)=O)C(OC(C)=O)C1OC(C)=O. The average molecular weight is 1850 g/mol. The Labute approximate surface area is 749 Å². The van der Waals surface area contributed by atoms with Crippen molar-refractivity contribution in [2.45, 2.75) is 309 Å². The molecule has 8 N–H and O–H groups in total. The molecule has 0 saturated carbocycles. The second kappa shape index (κ2) is 60.9. The lowest BCUT2D eigenvalue weighted by molar-refractivity contribution is -0.277. The van der Waals surface area contributed by atoms with Crippen LogP contribution in [0.2, 0.25) is 0 Å². The minimum atomic E-state index is -1.54. The van der Waals surface area contributed by atoms with Crippen molar-refractivity contribution in [3.05, 3.63) is 0 Å². The minimum Gasteiger partial charge on any atom is -0.481 e. The zero-order valence-corrected chi connectivity index (χ0v) is 76.0. The number of ether oxygens (including phenoxy) is 18. The smallest absolute Gasteiger partial charge is 0.303 e. The van der Waals surface area contributed by atoms with E-state index in [1.54, 1.807) is 4.90 Å². The first-order valence-corrected chi connectivity index (χ1v) is 43.7. The fourth-order valence-electron chi connectivity index (χ4n) is 14.4. The van der Waals surface area contributed by atoms with Crippen LogP contribution in [-0.2, 0) is 172 Å². The molecule has 4 fully saturated rings. The maximum Gasteiger partial charge on any atom is 0.303 e. The number of hydrogen-bond acceptors (Lipinski definition) is 36. The molecule has 0 aromatic rings. The summed E-state index contributed by atoms with van der Waals surface area (Å²) >= 11 is 0. The first kappa shape index (κ1) is 111. The molecule has 15 atom stereocenters. The normalized spacial score (nSPS) is 23.0. The zero-order chi connectivity index (χ0) is 95.5. The van der Waals surface area contributed by atoms with Crippen molar-refractivity contribution in [2.24, 2.45) is 5.92 Å². The van der Waals surface area contributed by atoms with Crippen molar-refractivity contribution in [1.29, 1.82) is 0 Å². The molecule has 4 aliphatic rings. The van der Waals surface area contributed by atoms with E-state index in [0.717, 1.165) is 62.3 Å². The number of rotatable bonds is 60. The Bertz CT molecular complexity index is 3310. The summed E-state index contributed by atoms with van der Waals surface area (Å²) in [5.41, 5.74) is -1.54. The highest BCUT2D eigenvalue weighted by Gasteiger charge is 2.55. The molecule has 0 spiro atoms. The van der Waals surface area contributed by atoms with E-state index < -0.39 is 207 Å². The second-order valence-corrected chi connectivity index (χ2v) is 31.6. The molecule has 45 nitrogen and oxygen atoms in total. The van der Waals surface area contributed by atoms with E-state index in [1.165, 1.54) is 20.8 Å². The monoisotopic (exact) mass is 1850 g/mol. The summed E-state index contributed by atoms with van der Waals surface area (Å²) in [7, 11) is 0. The lowest BCUT2D eigenvalue weighted by atomic mass is 9.93. The molecule has 0 bridgehead atoms. The van der Waals surface area contributed by atoms with Gasteiger partial charge < -0.3 is 132 Å². The Kier molecular flexibility index (Phi) is 52.6. The molecule has 732 valence electrons. The Balaban J connectivity index is 1.43. The number of carbonyl (C=O) groups excluding carboxylic acids is 17. The fraction of sp³-hybridized carbons (Fsp3) is 0.786. The van der Waals surface area contributed by atoms with E-state index in [-0.39, 0.29) is 167 Å². The van der Waals surface area contributed by atoms with Crippen LogP contribution in [0.1, 0.15) is 212 Å². The van der Waals surface area contributed by atoms with Crippen LogP contribution in [0.3, 0.4) is 0 Å². The number of likely N-dealkylation sites (tertiary alicyclic amines) is 1. The van der Waals surface area contributed by atoms with Gasteiger partial charge in [-0.3, -0.25) is 86.3 Å². The number of aliphatic carboxylic acids is 1. The molecule has 0 radical (unpaired) electrons. The van der Waals surface area contributed by atoms with Crippen LogP contribution in [0.4, 0.5) is 0 Å². The van der Waals surface area contributed by atoms with Gasteiger partial charge in [-0.15, -0.1) is 0 Å². The van der Waals surface area contributed by atoms with E-state index in [1.807, 2.05) is 0 Å². The molecule has 4 aliphatic heterocycles. The maximum absolute atomic E-state index is 14.6. The lowest BCUT2D eigenvalue weighted by Crippen LogP contribution is -2.66. The van der Waals surface area contributed by atoms with Crippen LogP contribution in [0.25, 0.3) is 0 Å². The summed E-state index contributed by atoms with van der Waals surface area (Å²) in [6.07, 6.45) is -8.40. The third-order valence-corrected chi connectivity index (χ3v) is 20.2. The highest BCUT2D eigenvalue weighted by atomic mass is 16.7. The summed E-state index contributed by atoms with van der Waals surface area (Å²) in [6, 6.07) is -3.44. The number of piperidine rings is 1. The quantitative estimate of drug-likeness (QED) is 0.0235. The van der Waals surface area contributed by atoms with Gasteiger partial charge in [0.2, 0.25) is 47.3 Å². The standard InChI is InChI=1S/C84H134N8O37/c1-50(93)88-71-77(124-59(10)102)74(121-56(7)99)63(44-118-53(4)96)127-81(71)115-38-22-16-13-19-33-85-66(105)30-41-112-47-84(91-80(111)62-28-36-92(37-29-62)69(108)26-25-27-70(109)110,48-113-42-31-67(106)86-34-20-14-17-23-39-116-82-72(89-51(2)94)78(125-60(11)103)75(122-57(8)100)64(128-82)45-119-54(5)97)49-114-43-32-68(107)87-35-21-15-18-24-40-117-83-73(90-52(3)95)79(126-61(12)104)76(123-58(9)101)65(129-83)46-120-55(6)98/h62-65,71-79,81-83H,13-49H2,1-12H3,(H,85,105)(H,86,106)(H,87,107)(H,88,93)(H,89,94)(H,90,95)(H,91,111)(H,109,110). The van der Waals surface area contributed by atoms with Crippen LogP contribution in [0.15, 0.2) is 0 Å². The molecule has 45 heteroatoms. The van der Waals surface area contributed by atoms with Gasteiger partial charge in [0, 0.05) is 174 Å². The molecule has 15 unspecified atom stereocenters. The van der Waals surface area contributed by atoms with Gasteiger partial charge >= 0.3 is 59.7 Å². The molecular formula is C84H134N8O37. The van der Waals surface area contributed by atoms with Crippen molar-refractivity contribution in [2.75, 3.05) is 112 Å². The molecule has 4 heterocycles. The van der Waals surface area contributed by atoms with Gasteiger partial charge in [0.05, 0.1) is 39.6 Å². The van der Waals surface area contributed by atoms with E-state index in [0.29, 0.717) is 77.0 Å². The molecule has 4 rings (SSSR count). The molecule has 0 aliphatic carbocycles. The van der Waals surface area contributed by atoms with Gasteiger partial charge in [0.25, 0.3) is 0 Å². The number of carbonyl (C=O) groups is 18. The number of carboxylic acids is 1. The first-order chi connectivity index (χ1) is 61.3. The van der Waals surface area contributed by atoms with Gasteiger partial charge in [-0.05, 0) is 57.8 Å². The Morgan fingerprint density at radius 2 is 0.628 bits per heavy atom. The number of nitrogens with zero attached hydrogens (tertiary/aromatic N) is 1. The minimum absolute atomic E-state index is 0.00324. The third kappa shape index (κ3) is 45.5. The molecule has 0 aromatic heterocycles. The lowest BCUT2D eigenvalue weighted by Gasteiger charge is -2.44. The highest BCUT2D eigenvalue weighted by Crippen LogP contribution is 2.33. The van der Waals surface area contributed by atoms with Crippen LogP contribution in [0, 0.1) is 5.92 Å². The van der Waals surface area contributed by atoms with Gasteiger partial charge in [-0.2, -0.15) is 0 Å². The van der Waals surface area contributed by atoms with Gasteiger partial charge in [-0.1, -0.05) is 38.5 Å². The van der Waals surface area contributed by atoms with Crippen molar-refractivity contribution < 1.29 is 177 Å². The number of esters is 9. The van der Waals surface area contributed by atoms with Crippen molar-refractivity contribution in [3.8, 4) is 0 Å². The molecule has 129 heavy (non-hydrogen) atoms. The van der Waals surface area contributed by atoms with E-state index in [9.17, 15) is 86.3 Å². The summed E-state index contributed by atoms with van der Waals surface area (Å²) in [5, 5.41) is 28.8. The highest BCUT2D eigenvalue weighted by molar-refractivity contribution is 5.82. The maximum atomic E-state index is 14.6. The summed E-state index contributed by atoms with van der Waals surface area (Å²) in [4.78, 5) is 227. The number of nitrogens with one attached hydrogen (secondary N) is 7. The van der Waals surface area contributed by atoms with Crippen LogP contribution in [-0.4, -0.2) is 326 Å². The average Bonchev–Trinajstić information content (AvgIpc) is 0.795. The van der Waals surface area contributed by atoms with Crippen LogP contribution < -0.4 is 37.2 Å². The zero-order valence-electron chi connectivity index (χ0n) is 76.0. The Hall–Kier alpha value is -9.90. The number of hydrogen-bond donors (Lipinski definition) is 8. The van der Waals surface area contributed by atoms with E-state index in [4.69, 9.17) is 90.4 Å². The summed E-state index contributed by atoms with van der Waals surface area (Å²) in [6.45, 7) is 12.7. The van der Waals surface area contributed by atoms with Gasteiger partial charge in [-0.25, -0.2) is 0 Å². The van der Waals surface area contributed by atoms with Crippen LogP contribution >= 0.6 is 0 Å². The first-order valence-electron chi connectivity index (χ1n) is 43.7.